The number of Topliss-reactive ketones (excluding diaryl/α,β-unsaturated/α-hetero) is 2. The molecule has 31 heavy (non-hydrogen) atoms. The van der Waals surface area contributed by atoms with E-state index in [-0.39, 0.29) is 11.6 Å². The molecule has 5 heteroatoms. The van der Waals surface area contributed by atoms with Gasteiger partial charge in [0.15, 0.2) is 11.6 Å². The molecule has 5 nitrogen and oxygen atoms in total. The van der Waals surface area contributed by atoms with Gasteiger partial charge < -0.3 is 13.9 Å². The largest absolute Gasteiger partial charge is 0.460 e. The van der Waals surface area contributed by atoms with Crippen molar-refractivity contribution in [3.63, 3.8) is 0 Å². The van der Waals surface area contributed by atoms with Crippen molar-refractivity contribution in [1.29, 1.82) is 0 Å². The van der Waals surface area contributed by atoms with E-state index >= 15 is 0 Å². The first kappa shape index (κ1) is 19.8. The highest BCUT2D eigenvalue weighted by atomic mass is 16.4. The number of furan rings is 2. The van der Waals surface area contributed by atoms with Crippen LogP contribution in [0.3, 0.4) is 0 Å². The number of hydrogen-bond donors (Lipinski definition) is 1. The second kappa shape index (κ2) is 6.41. The van der Waals surface area contributed by atoms with Crippen molar-refractivity contribution in [2.45, 2.75) is 51.6 Å². The molecule has 1 aliphatic carbocycles. The third kappa shape index (κ3) is 2.87. The van der Waals surface area contributed by atoms with Gasteiger partial charge in [-0.25, -0.2) is 0 Å². The molecule has 1 N–H and O–H groups in total. The van der Waals surface area contributed by atoms with Crippen LogP contribution in [0.2, 0.25) is 0 Å². The summed E-state index contributed by atoms with van der Waals surface area (Å²) in [6.45, 7) is 6.93. The average Bonchev–Trinajstić information content (AvgIpc) is 3.33. The Kier molecular flexibility index (Phi) is 4.09. The van der Waals surface area contributed by atoms with E-state index < -0.39 is 11.0 Å². The van der Waals surface area contributed by atoms with Gasteiger partial charge in [0.2, 0.25) is 0 Å². The first-order valence-corrected chi connectivity index (χ1v) is 10.5. The maximum Gasteiger partial charge on any atom is 0.159 e. The molecule has 2 aromatic heterocycles. The molecule has 2 heterocycles. The average molecular weight is 416 g/mol. The van der Waals surface area contributed by atoms with Gasteiger partial charge in [-0.3, -0.25) is 9.59 Å². The summed E-state index contributed by atoms with van der Waals surface area (Å²) in [5, 5.41) is 12.8. The highest BCUT2D eigenvalue weighted by Gasteiger charge is 2.48. The topological polar surface area (TPSA) is 80.7 Å². The Labute approximate surface area is 179 Å². The molecular weight excluding hydrogens is 392 g/mol. The van der Waals surface area contributed by atoms with Gasteiger partial charge in [-0.2, -0.15) is 0 Å². The molecule has 0 saturated carbocycles. The van der Waals surface area contributed by atoms with Gasteiger partial charge >= 0.3 is 0 Å². The summed E-state index contributed by atoms with van der Waals surface area (Å²) < 4.78 is 12.4. The van der Waals surface area contributed by atoms with Crippen LogP contribution in [0, 0.1) is 0 Å². The monoisotopic (exact) mass is 416 g/mol. The van der Waals surface area contributed by atoms with Gasteiger partial charge in [-0.15, -0.1) is 0 Å². The van der Waals surface area contributed by atoms with Gasteiger partial charge in [0.1, 0.15) is 28.3 Å². The molecule has 0 fully saturated rings. The molecular formula is C26H24O5. The highest BCUT2D eigenvalue weighted by Crippen LogP contribution is 2.53. The van der Waals surface area contributed by atoms with Crippen molar-refractivity contribution >= 4 is 33.5 Å². The molecule has 1 aliphatic rings. The number of carbonyl (C=O) groups excluding carboxylic acids is 2. The predicted molar refractivity (Wildman–Crippen MR) is 118 cm³/mol. The fraction of sp³-hybridized carbons (Fsp3) is 0.308. The summed E-state index contributed by atoms with van der Waals surface area (Å²) in [7, 11) is 0. The fourth-order valence-electron chi connectivity index (χ4n) is 4.76. The van der Waals surface area contributed by atoms with Crippen molar-refractivity contribution < 1.29 is 23.5 Å². The number of rotatable bonds is 3. The van der Waals surface area contributed by atoms with Gasteiger partial charge in [0.25, 0.3) is 0 Å². The van der Waals surface area contributed by atoms with Crippen molar-refractivity contribution in [3.8, 4) is 0 Å². The van der Waals surface area contributed by atoms with Crippen LogP contribution in [0.4, 0.5) is 0 Å². The second-order valence-corrected chi connectivity index (χ2v) is 9.10. The Morgan fingerprint density at radius 1 is 0.871 bits per heavy atom. The molecule has 4 aromatic rings. The highest BCUT2D eigenvalue weighted by molar-refractivity contribution is 5.99. The van der Waals surface area contributed by atoms with Crippen LogP contribution in [0.15, 0.2) is 51.3 Å². The lowest BCUT2D eigenvalue weighted by molar-refractivity contribution is 0.00742. The van der Waals surface area contributed by atoms with Crippen LogP contribution in [0.1, 0.15) is 78.3 Å². The van der Waals surface area contributed by atoms with E-state index in [1.807, 2.05) is 24.3 Å². The van der Waals surface area contributed by atoms with Crippen LogP contribution >= 0.6 is 0 Å². The molecule has 0 radical (unpaired) electrons. The van der Waals surface area contributed by atoms with Crippen LogP contribution in [-0.2, 0) is 11.0 Å². The SMILES string of the molecule is CC(=O)c1ccc2oc([C@@]3(C)CC[C@](C)(O)c4oc5ccc(C(C)=O)cc5c43)cc2c1. The van der Waals surface area contributed by atoms with E-state index in [2.05, 4.69) is 6.92 Å². The van der Waals surface area contributed by atoms with E-state index in [0.717, 1.165) is 22.1 Å². The Hall–Kier alpha value is -3.18. The number of fused-ring (bicyclic) bond motifs is 4. The number of aliphatic hydroxyl groups is 1. The summed E-state index contributed by atoms with van der Waals surface area (Å²) in [6, 6.07) is 12.8. The fourth-order valence-corrected chi connectivity index (χ4v) is 4.76. The van der Waals surface area contributed by atoms with E-state index in [0.29, 0.717) is 40.9 Å². The second-order valence-electron chi connectivity index (χ2n) is 9.10. The zero-order chi connectivity index (χ0) is 22.1. The molecule has 0 spiro atoms. The zero-order valence-electron chi connectivity index (χ0n) is 18.0. The molecule has 158 valence electrons. The molecule has 5 rings (SSSR count). The first-order chi connectivity index (χ1) is 14.6. The van der Waals surface area contributed by atoms with Crippen molar-refractivity contribution in [1.82, 2.24) is 0 Å². The quantitative estimate of drug-likeness (QED) is 0.421. The summed E-state index contributed by atoms with van der Waals surface area (Å²) in [6.07, 6.45) is 1.15. The maximum atomic E-state index is 12.0. The van der Waals surface area contributed by atoms with Crippen molar-refractivity contribution in [3.05, 3.63) is 70.7 Å². The van der Waals surface area contributed by atoms with Gasteiger partial charge in [-0.05, 0) is 83.0 Å². The Bertz CT molecular complexity index is 1380. The minimum atomic E-state index is -1.11. The summed E-state index contributed by atoms with van der Waals surface area (Å²) >= 11 is 0. The summed E-state index contributed by atoms with van der Waals surface area (Å²) in [4.78, 5) is 23.8. The van der Waals surface area contributed by atoms with E-state index in [9.17, 15) is 14.7 Å². The van der Waals surface area contributed by atoms with Gasteiger partial charge in [-0.1, -0.05) is 0 Å². The summed E-state index contributed by atoms with van der Waals surface area (Å²) in [5.74, 6) is 1.24. The number of hydrogen-bond acceptors (Lipinski definition) is 5. The first-order valence-electron chi connectivity index (χ1n) is 10.5. The Morgan fingerprint density at radius 3 is 2.19 bits per heavy atom. The van der Waals surface area contributed by atoms with Gasteiger partial charge in [0.05, 0.1) is 5.41 Å². The third-order valence-corrected chi connectivity index (χ3v) is 6.71. The van der Waals surface area contributed by atoms with Crippen LogP contribution in [0.5, 0.6) is 0 Å². The third-order valence-electron chi connectivity index (χ3n) is 6.71. The van der Waals surface area contributed by atoms with Gasteiger partial charge in [0, 0.05) is 27.5 Å². The lowest BCUT2D eigenvalue weighted by Crippen LogP contribution is -2.37. The smallest absolute Gasteiger partial charge is 0.159 e. The van der Waals surface area contributed by atoms with Crippen LogP contribution in [-0.4, -0.2) is 16.7 Å². The minimum absolute atomic E-state index is 0.00412. The number of carbonyl (C=O) groups is 2. The van der Waals surface area contributed by atoms with Crippen LogP contribution < -0.4 is 0 Å². The molecule has 2 atom stereocenters. The molecule has 0 bridgehead atoms. The zero-order valence-corrected chi connectivity index (χ0v) is 18.0. The number of benzene rings is 2. The molecule has 0 amide bonds. The lowest BCUT2D eigenvalue weighted by atomic mass is 9.67. The summed E-state index contributed by atoms with van der Waals surface area (Å²) in [5.41, 5.74) is 1.76. The standard InChI is InChI=1S/C26H24O5/c1-14(27)16-5-7-20-18(11-16)13-22(30-20)25(3)9-10-26(4,29)24-23(25)19-12-17(15(2)28)6-8-21(19)31-24/h5-8,11-13,29H,9-10H2,1-4H3/t25-,26+/m1/s1. The van der Waals surface area contributed by atoms with E-state index in [4.69, 9.17) is 8.83 Å². The predicted octanol–water partition coefficient (Wildman–Crippen LogP) is 5.89. The Balaban J connectivity index is 1.78. The van der Waals surface area contributed by atoms with Crippen molar-refractivity contribution in [2.24, 2.45) is 0 Å². The minimum Gasteiger partial charge on any atom is -0.460 e. The normalized spacial score (nSPS) is 23.3. The lowest BCUT2D eigenvalue weighted by Gasteiger charge is -2.38. The van der Waals surface area contributed by atoms with E-state index in [1.54, 1.807) is 32.0 Å². The van der Waals surface area contributed by atoms with Crippen LogP contribution in [0.25, 0.3) is 21.9 Å². The molecule has 0 saturated heterocycles. The molecule has 2 aromatic carbocycles. The maximum absolute atomic E-state index is 12.0. The molecule has 0 unspecified atom stereocenters. The molecule has 0 aliphatic heterocycles. The van der Waals surface area contributed by atoms with Crippen molar-refractivity contribution in [2.75, 3.05) is 0 Å². The Morgan fingerprint density at radius 2 is 1.52 bits per heavy atom. The van der Waals surface area contributed by atoms with E-state index in [1.165, 1.54) is 6.92 Å². The number of ketones is 2.